The molecule has 1 aliphatic heterocycles. The van der Waals surface area contributed by atoms with Crippen LogP contribution >= 0.6 is 0 Å². The topological polar surface area (TPSA) is 70.6 Å². The lowest BCUT2D eigenvalue weighted by Gasteiger charge is -2.32. The number of hydrogen-bond donors (Lipinski definition) is 3. The molecule has 5 heteroatoms. The van der Waals surface area contributed by atoms with E-state index in [4.69, 9.17) is 4.74 Å². The second-order valence-corrected chi connectivity index (χ2v) is 7.73. The Morgan fingerprint density at radius 1 is 1.27 bits per heavy atom. The number of carbonyl (C=O) groups is 1. The van der Waals surface area contributed by atoms with E-state index in [1.54, 1.807) is 0 Å². The molecule has 0 spiro atoms. The third-order valence-corrected chi connectivity index (χ3v) is 5.15. The van der Waals surface area contributed by atoms with Crippen LogP contribution in [0.5, 0.6) is 0 Å². The van der Waals surface area contributed by atoms with Crippen molar-refractivity contribution >= 4 is 6.03 Å². The molecule has 1 rings (SSSR count). The van der Waals surface area contributed by atoms with Gasteiger partial charge in [0.2, 0.25) is 0 Å². The predicted molar refractivity (Wildman–Crippen MR) is 88.9 cm³/mol. The molecule has 130 valence electrons. The average molecular weight is 314 g/mol. The van der Waals surface area contributed by atoms with Crippen molar-refractivity contribution < 1.29 is 14.6 Å². The van der Waals surface area contributed by atoms with Crippen LogP contribution in [0.2, 0.25) is 0 Å². The van der Waals surface area contributed by atoms with E-state index in [-0.39, 0.29) is 35.3 Å². The first kappa shape index (κ1) is 19.2. The minimum atomic E-state index is -0.363. The van der Waals surface area contributed by atoms with Crippen LogP contribution in [-0.4, -0.2) is 41.5 Å². The molecule has 3 N–H and O–H groups in total. The standard InChI is InChI=1S/C17H34N2O3/c1-7-17(8-2,9-10-20)12-18-14(21)19-13-11-15(3,4)22-16(13,5)6/h13,20H,7-12H2,1-6H3,(H2,18,19,21). The molecule has 0 aliphatic carbocycles. The number of aliphatic hydroxyl groups is 1. The summed E-state index contributed by atoms with van der Waals surface area (Å²) in [5.41, 5.74) is -0.597. The van der Waals surface area contributed by atoms with Crippen LogP contribution in [0, 0.1) is 5.41 Å². The Morgan fingerprint density at radius 2 is 1.86 bits per heavy atom. The lowest BCUT2D eigenvalue weighted by atomic mass is 9.79. The Hall–Kier alpha value is -0.810. The second kappa shape index (κ2) is 7.18. The molecule has 1 aliphatic rings. The van der Waals surface area contributed by atoms with Gasteiger partial charge in [-0.05, 0) is 58.8 Å². The summed E-state index contributed by atoms with van der Waals surface area (Å²) in [5.74, 6) is 0. The maximum Gasteiger partial charge on any atom is 0.315 e. The van der Waals surface area contributed by atoms with Gasteiger partial charge >= 0.3 is 6.03 Å². The number of aliphatic hydroxyl groups excluding tert-OH is 1. The summed E-state index contributed by atoms with van der Waals surface area (Å²) in [4.78, 5) is 12.2. The maximum absolute atomic E-state index is 12.2. The fourth-order valence-corrected chi connectivity index (χ4v) is 3.44. The number of hydrogen-bond acceptors (Lipinski definition) is 3. The molecule has 0 aromatic carbocycles. The molecule has 1 saturated heterocycles. The fourth-order valence-electron chi connectivity index (χ4n) is 3.44. The highest BCUT2D eigenvalue weighted by molar-refractivity contribution is 5.74. The number of nitrogens with one attached hydrogen (secondary N) is 2. The van der Waals surface area contributed by atoms with Gasteiger partial charge in [-0.25, -0.2) is 4.79 Å². The molecule has 0 aromatic rings. The van der Waals surface area contributed by atoms with E-state index in [0.717, 1.165) is 19.3 Å². The van der Waals surface area contributed by atoms with E-state index in [9.17, 15) is 9.90 Å². The summed E-state index contributed by atoms with van der Waals surface area (Å²) >= 11 is 0. The summed E-state index contributed by atoms with van der Waals surface area (Å²) in [5, 5.41) is 15.3. The van der Waals surface area contributed by atoms with E-state index in [2.05, 4.69) is 38.3 Å². The molecule has 2 amide bonds. The maximum atomic E-state index is 12.2. The molecule has 22 heavy (non-hydrogen) atoms. The zero-order chi connectivity index (χ0) is 17.0. The molecule has 1 unspecified atom stereocenters. The molecular formula is C17H34N2O3. The van der Waals surface area contributed by atoms with E-state index >= 15 is 0 Å². The van der Waals surface area contributed by atoms with Gasteiger partial charge in [0.1, 0.15) is 0 Å². The van der Waals surface area contributed by atoms with Crippen molar-refractivity contribution in [3.05, 3.63) is 0 Å². The van der Waals surface area contributed by atoms with Crippen LogP contribution < -0.4 is 10.6 Å². The van der Waals surface area contributed by atoms with Gasteiger partial charge in [-0.1, -0.05) is 13.8 Å². The van der Waals surface area contributed by atoms with Gasteiger partial charge < -0.3 is 20.5 Å². The third-order valence-electron chi connectivity index (χ3n) is 5.15. The minimum absolute atomic E-state index is 0.00186. The number of rotatable bonds is 7. The van der Waals surface area contributed by atoms with Gasteiger partial charge in [-0.15, -0.1) is 0 Å². The first-order valence-electron chi connectivity index (χ1n) is 8.45. The highest BCUT2D eigenvalue weighted by atomic mass is 16.5. The molecule has 5 nitrogen and oxygen atoms in total. The fraction of sp³-hybridized carbons (Fsp3) is 0.941. The van der Waals surface area contributed by atoms with Crippen LogP contribution in [-0.2, 0) is 4.74 Å². The molecule has 0 saturated carbocycles. The predicted octanol–water partition coefficient (Wildman–Crippen LogP) is 2.82. The summed E-state index contributed by atoms with van der Waals surface area (Å²) in [6.45, 7) is 13.1. The lowest BCUT2D eigenvalue weighted by Crippen LogP contribution is -2.51. The Morgan fingerprint density at radius 3 is 2.27 bits per heavy atom. The van der Waals surface area contributed by atoms with Crippen molar-refractivity contribution in [1.29, 1.82) is 0 Å². The van der Waals surface area contributed by atoms with Crippen molar-refractivity contribution in [1.82, 2.24) is 10.6 Å². The van der Waals surface area contributed by atoms with Crippen molar-refractivity contribution in [2.24, 2.45) is 5.41 Å². The molecule has 1 fully saturated rings. The first-order valence-corrected chi connectivity index (χ1v) is 8.45. The number of amides is 2. The SMILES string of the molecule is CCC(CC)(CCO)CNC(=O)NC1CC(C)(C)OC1(C)C. The highest BCUT2D eigenvalue weighted by Gasteiger charge is 2.46. The van der Waals surface area contributed by atoms with Crippen molar-refractivity contribution in [3.8, 4) is 0 Å². The molecule has 0 bridgehead atoms. The van der Waals surface area contributed by atoms with Crippen molar-refractivity contribution in [2.45, 2.75) is 84.5 Å². The normalized spacial score (nSPS) is 23.3. The molecule has 1 heterocycles. The molecule has 0 aromatic heterocycles. The van der Waals surface area contributed by atoms with E-state index in [1.807, 2.05) is 13.8 Å². The van der Waals surface area contributed by atoms with Gasteiger partial charge in [0.15, 0.2) is 0 Å². The van der Waals surface area contributed by atoms with Crippen LogP contribution in [0.4, 0.5) is 4.79 Å². The Balaban J connectivity index is 2.56. The van der Waals surface area contributed by atoms with Gasteiger partial charge in [0.25, 0.3) is 0 Å². The zero-order valence-corrected chi connectivity index (χ0v) is 15.1. The third kappa shape index (κ3) is 4.85. The van der Waals surface area contributed by atoms with Crippen LogP contribution in [0.3, 0.4) is 0 Å². The summed E-state index contributed by atoms with van der Waals surface area (Å²) < 4.78 is 6.00. The monoisotopic (exact) mass is 314 g/mol. The minimum Gasteiger partial charge on any atom is -0.396 e. The summed E-state index contributed by atoms with van der Waals surface area (Å²) in [6.07, 6.45) is 3.40. The Bertz CT molecular complexity index is 376. The molecule has 1 atom stereocenters. The van der Waals surface area contributed by atoms with Crippen molar-refractivity contribution in [3.63, 3.8) is 0 Å². The number of carbonyl (C=O) groups excluding carboxylic acids is 1. The smallest absolute Gasteiger partial charge is 0.315 e. The second-order valence-electron chi connectivity index (χ2n) is 7.73. The van der Waals surface area contributed by atoms with Gasteiger partial charge in [-0.3, -0.25) is 0 Å². The first-order chi connectivity index (χ1) is 10.1. The quantitative estimate of drug-likeness (QED) is 0.677. The van der Waals surface area contributed by atoms with E-state index < -0.39 is 0 Å². The Labute approximate surface area is 135 Å². The lowest BCUT2D eigenvalue weighted by molar-refractivity contribution is -0.0690. The molecule has 0 radical (unpaired) electrons. The van der Waals surface area contributed by atoms with Crippen LogP contribution in [0.25, 0.3) is 0 Å². The van der Waals surface area contributed by atoms with E-state index in [1.165, 1.54) is 0 Å². The van der Waals surface area contributed by atoms with Gasteiger partial charge in [-0.2, -0.15) is 0 Å². The highest BCUT2D eigenvalue weighted by Crippen LogP contribution is 2.37. The van der Waals surface area contributed by atoms with Gasteiger partial charge in [0, 0.05) is 13.2 Å². The number of ether oxygens (including phenoxy) is 1. The summed E-state index contributed by atoms with van der Waals surface area (Å²) in [7, 11) is 0. The molecular weight excluding hydrogens is 280 g/mol. The van der Waals surface area contributed by atoms with Gasteiger partial charge in [0.05, 0.1) is 17.2 Å². The van der Waals surface area contributed by atoms with Crippen LogP contribution in [0.15, 0.2) is 0 Å². The summed E-state index contributed by atoms with van der Waals surface area (Å²) in [6, 6.07) is -0.151. The van der Waals surface area contributed by atoms with Crippen molar-refractivity contribution in [2.75, 3.05) is 13.2 Å². The average Bonchev–Trinajstić information content (AvgIpc) is 2.62. The Kier molecular flexibility index (Phi) is 6.27. The zero-order valence-electron chi connectivity index (χ0n) is 15.1. The van der Waals surface area contributed by atoms with Crippen LogP contribution in [0.1, 0.15) is 67.2 Å². The van der Waals surface area contributed by atoms with E-state index in [0.29, 0.717) is 13.0 Å². The largest absolute Gasteiger partial charge is 0.396 e. The number of urea groups is 1.